The number of H-pyrrole nitrogens is 1. The van der Waals surface area contributed by atoms with E-state index in [0.29, 0.717) is 34.8 Å². The van der Waals surface area contributed by atoms with Crippen LogP contribution in [-0.2, 0) is 6.42 Å². The molecule has 4 heterocycles. The van der Waals surface area contributed by atoms with E-state index in [0.717, 1.165) is 5.56 Å². The van der Waals surface area contributed by atoms with Gasteiger partial charge in [-0.2, -0.15) is 4.39 Å². The zero-order chi connectivity index (χ0) is 22.0. The number of anilines is 1. The molecule has 2 N–H and O–H groups in total. The van der Waals surface area contributed by atoms with Crippen molar-refractivity contribution in [2.45, 2.75) is 26.3 Å². The van der Waals surface area contributed by atoms with Gasteiger partial charge in [0.05, 0.1) is 23.6 Å². The first-order valence-corrected chi connectivity index (χ1v) is 9.74. The van der Waals surface area contributed by atoms with E-state index in [1.54, 1.807) is 18.3 Å². The Hall–Kier alpha value is -3.88. The van der Waals surface area contributed by atoms with Crippen molar-refractivity contribution in [3.63, 3.8) is 0 Å². The maximum Gasteiger partial charge on any atom is 0.224 e. The van der Waals surface area contributed by atoms with Crippen molar-refractivity contribution in [1.29, 1.82) is 0 Å². The van der Waals surface area contributed by atoms with E-state index < -0.39 is 11.7 Å². The molecule has 0 aromatic carbocycles. The van der Waals surface area contributed by atoms with Gasteiger partial charge in [-0.15, -0.1) is 0 Å². The van der Waals surface area contributed by atoms with Gasteiger partial charge in [0.2, 0.25) is 11.8 Å². The Morgan fingerprint density at radius 1 is 1.16 bits per heavy atom. The lowest BCUT2D eigenvalue weighted by Crippen LogP contribution is -2.13. The van der Waals surface area contributed by atoms with Gasteiger partial charge < -0.3 is 15.0 Å². The van der Waals surface area contributed by atoms with Gasteiger partial charge in [0.1, 0.15) is 17.8 Å². The van der Waals surface area contributed by atoms with Gasteiger partial charge >= 0.3 is 0 Å². The van der Waals surface area contributed by atoms with Crippen molar-refractivity contribution in [3.05, 3.63) is 71.3 Å². The maximum atomic E-state index is 14.8. The number of rotatable bonds is 7. The molecule has 0 amide bonds. The average molecular weight is 420 g/mol. The van der Waals surface area contributed by atoms with Gasteiger partial charge in [-0.3, -0.25) is 4.79 Å². The molecule has 0 aliphatic heterocycles. The molecular weight excluding hydrogens is 399 g/mol. The molecular formula is C22H21FN6O2. The van der Waals surface area contributed by atoms with Crippen LogP contribution in [0.25, 0.3) is 11.0 Å². The Kier molecular flexibility index (Phi) is 5.57. The van der Waals surface area contributed by atoms with Gasteiger partial charge in [-0.1, -0.05) is 6.07 Å². The lowest BCUT2D eigenvalue weighted by atomic mass is 10.0. The number of aromatic nitrogens is 5. The van der Waals surface area contributed by atoms with E-state index in [2.05, 4.69) is 30.2 Å². The molecule has 0 unspecified atom stereocenters. The van der Waals surface area contributed by atoms with E-state index in [1.165, 1.54) is 25.7 Å². The van der Waals surface area contributed by atoms with Crippen molar-refractivity contribution >= 4 is 22.6 Å². The number of carbonyl (C=O) groups excluding carboxylic acids is 1. The number of ketones is 1. The number of nitrogens with one attached hydrogen (secondary N) is 2. The summed E-state index contributed by atoms with van der Waals surface area (Å²) in [4.78, 5) is 32.6. The molecule has 0 bridgehead atoms. The second kappa shape index (κ2) is 8.47. The number of ether oxygens (including phenoxy) is 1. The number of aromatic amines is 1. The molecule has 0 aliphatic carbocycles. The van der Waals surface area contributed by atoms with Crippen LogP contribution < -0.4 is 10.1 Å². The monoisotopic (exact) mass is 420 g/mol. The minimum Gasteiger partial charge on any atom is -0.481 e. The van der Waals surface area contributed by atoms with Gasteiger partial charge in [0.25, 0.3) is 0 Å². The highest BCUT2D eigenvalue weighted by atomic mass is 19.1. The normalized spacial score (nSPS) is 11.1. The molecule has 4 rings (SSSR count). The fourth-order valence-electron chi connectivity index (χ4n) is 3.25. The fourth-order valence-corrected chi connectivity index (χ4v) is 3.25. The molecule has 0 aliphatic rings. The van der Waals surface area contributed by atoms with Crippen molar-refractivity contribution in [3.8, 4) is 5.88 Å². The third-order valence-electron chi connectivity index (χ3n) is 4.68. The first kappa shape index (κ1) is 20.4. The van der Waals surface area contributed by atoms with Crippen LogP contribution in [0.3, 0.4) is 0 Å². The standard InChI is InChI=1S/C22H21FN6O2/c1-12(2)28-22-18-16(10-25-21(18)26-11-27-22)19(30)15-6-5-14(29-20(15)23)8-13-4-7-17(31-3)24-9-13/h4-7,9-12H,8H2,1-3H3,(H2,25,26,27,28). The number of halogens is 1. The molecule has 0 fully saturated rings. The van der Waals surface area contributed by atoms with Gasteiger partial charge in [0, 0.05) is 36.6 Å². The second-order valence-electron chi connectivity index (χ2n) is 7.30. The van der Waals surface area contributed by atoms with Crippen molar-refractivity contribution < 1.29 is 13.9 Å². The Bertz CT molecular complexity index is 1240. The fraction of sp³-hybridized carbons (Fsp3) is 0.227. The summed E-state index contributed by atoms with van der Waals surface area (Å²) in [7, 11) is 1.54. The Morgan fingerprint density at radius 2 is 2.00 bits per heavy atom. The quantitative estimate of drug-likeness (QED) is 0.348. The van der Waals surface area contributed by atoms with E-state index in [4.69, 9.17) is 4.74 Å². The minimum atomic E-state index is -0.825. The molecule has 8 nitrogen and oxygen atoms in total. The summed E-state index contributed by atoms with van der Waals surface area (Å²) >= 11 is 0. The predicted molar refractivity (Wildman–Crippen MR) is 114 cm³/mol. The number of pyridine rings is 2. The van der Waals surface area contributed by atoms with E-state index in [-0.39, 0.29) is 17.2 Å². The number of hydrogen-bond acceptors (Lipinski definition) is 7. The van der Waals surface area contributed by atoms with Gasteiger partial charge in [0.15, 0.2) is 5.78 Å². The smallest absolute Gasteiger partial charge is 0.224 e. The van der Waals surface area contributed by atoms with Crippen molar-refractivity contribution in [2.75, 3.05) is 12.4 Å². The molecule has 4 aromatic heterocycles. The topological polar surface area (TPSA) is 106 Å². The highest BCUT2D eigenvalue weighted by Crippen LogP contribution is 2.26. The highest BCUT2D eigenvalue weighted by molar-refractivity contribution is 6.18. The average Bonchev–Trinajstić information content (AvgIpc) is 3.19. The van der Waals surface area contributed by atoms with Crippen molar-refractivity contribution in [1.82, 2.24) is 24.9 Å². The predicted octanol–water partition coefficient (Wildman–Crippen LogP) is 3.54. The molecule has 158 valence electrons. The summed E-state index contributed by atoms with van der Waals surface area (Å²) < 4.78 is 19.8. The zero-order valence-corrected chi connectivity index (χ0v) is 17.3. The molecule has 0 radical (unpaired) electrons. The van der Waals surface area contributed by atoms with Crippen LogP contribution >= 0.6 is 0 Å². The van der Waals surface area contributed by atoms with Gasteiger partial charge in [-0.05, 0) is 31.5 Å². The molecule has 4 aromatic rings. The van der Waals surface area contributed by atoms with E-state index >= 15 is 0 Å². The Morgan fingerprint density at radius 3 is 2.68 bits per heavy atom. The van der Waals surface area contributed by atoms with Crippen LogP contribution in [-0.4, -0.2) is 43.9 Å². The molecule has 0 saturated carbocycles. The first-order valence-electron chi connectivity index (χ1n) is 9.74. The maximum absolute atomic E-state index is 14.8. The second-order valence-corrected chi connectivity index (χ2v) is 7.30. The molecule has 0 atom stereocenters. The summed E-state index contributed by atoms with van der Waals surface area (Å²) in [6, 6.07) is 6.75. The Labute approximate surface area is 177 Å². The van der Waals surface area contributed by atoms with E-state index in [1.807, 2.05) is 19.9 Å². The number of carbonyl (C=O) groups is 1. The lowest BCUT2D eigenvalue weighted by Gasteiger charge is -2.10. The summed E-state index contributed by atoms with van der Waals surface area (Å²) in [5, 5.41) is 3.71. The van der Waals surface area contributed by atoms with Gasteiger partial charge in [-0.25, -0.2) is 19.9 Å². The highest BCUT2D eigenvalue weighted by Gasteiger charge is 2.22. The molecule has 9 heteroatoms. The number of methoxy groups -OCH3 is 1. The van der Waals surface area contributed by atoms with Crippen LogP contribution in [0.2, 0.25) is 0 Å². The Balaban J connectivity index is 1.63. The molecule has 0 spiro atoms. The SMILES string of the molecule is COc1ccc(Cc2ccc(C(=O)c3c[nH]c4ncnc(NC(C)C)c34)c(F)n2)cn1. The van der Waals surface area contributed by atoms with Crippen LogP contribution in [0.4, 0.5) is 10.2 Å². The van der Waals surface area contributed by atoms with Crippen LogP contribution in [0.5, 0.6) is 5.88 Å². The molecule has 31 heavy (non-hydrogen) atoms. The first-order chi connectivity index (χ1) is 15.0. The summed E-state index contributed by atoms with van der Waals surface area (Å²) in [5.74, 6) is -0.302. The summed E-state index contributed by atoms with van der Waals surface area (Å²) in [6.07, 6.45) is 4.95. The molecule has 0 saturated heterocycles. The van der Waals surface area contributed by atoms with Crippen LogP contribution in [0.15, 0.2) is 43.0 Å². The van der Waals surface area contributed by atoms with E-state index in [9.17, 15) is 9.18 Å². The summed E-state index contributed by atoms with van der Waals surface area (Å²) in [5.41, 5.74) is 2.01. The largest absolute Gasteiger partial charge is 0.481 e. The third kappa shape index (κ3) is 4.20. The number of hydrogen-bond donors (Lipinski definition) is 2. The summed E-state index contributed by atoms with van der Waals surface area (Å²) in [6.45, 7) is 3.92. The minimum absolute atomic E-state index is 0.0982. The third-order valence-corrected chi connectivity index (χ3v) is 4.68. The van der Waals surface area contributed by atoms with Crippen LogP contribution in [0, 0.1) is 5.95 Å². The zero-order valence-electron chi connectivity index (χ0n) is 17.3. The number of nitrogens with zero attached hydrogens (tertiary/aromatic N) is 4. The van der Waals surface area contributed by atoms with Crippen LogP contribution in [0.1, 0.15) is 41.0 Å². The van der Waals surface area contributed by atoms with Crippen molar-refractivity contribution in [2.24, 2.45) is 0 Å². The number of fused-ring (bicyclic) bond motifs is 1. The lowest BCUT2D eigenvalue weighted by molar-refractivity contribution is 0.103.